The van der Waals surface area contributed by atoms with Gasteiger partial charge < -0.3 is 5.32 Å². The average molecular weight is 242 g/mol. The van der Waals surface area contributed by atoms with Crippen LogP contribution >= 0.6 is 23.4 Å². The van der Waals surface area contributed by atoms with Crippen molar-refractivity contribution in [2.45, 2.75) is 18.9 Å². The minimum absolute atomic E-state index is 0.519. The number of thioether (sulfide) groups is 1. The van der Waals surface area contributed by atoms with Crippen LogP contribution in [0.4, 0.5) is 0 Å². The summed E-state index contributed by atoms with van der Waals surface area (Å²) in [5.41, 5.74) is 2.87. The van der Waals surface area contributed by atoms with Gasteiger partial charge in [0.15, 0.2) is 0 Å². The molecule has 3 heteroatoms. The van der Waals surface area contributed by atoms with E-state index in [-0.39, 0.29) is 0 Å². The number of fused-ring (bicyclic) bond motifs is 1. The van der Waals surface area contributed by atoms with Crippen LogP contribution in [0, 0.1) is 0 Å². The van der Waals surface area contributed by atoms with Crippen LogP contribution in [0.3, 0.4) is 0 Å². The number of aryl methyl sites for hydroxylation is 1. The maximum Gasteiger partial charge on any atom is 0.0409 e. The summed E-state index contributed by atoms with van der Waals surface area (Å²) in [6.45, 7) is 1.08. The number of nitrogens with one attached hydrogen (secondary N) is 1. The lowest BCUT2D eigenvalue weighted by Crippen LogP contribution is -2.21. The van der Waals surface area contributed by atoms with E-state index in [2.05, 4.69) is 23.7 Å². The summed E-state index contributed by atoms with van der Waals surface area (Å²) >= 11 is 7.90. The Balaban J connectivity index is 2.03. The van der Waals surface area contributed by atoms with Crippen LogP contribution in [0.5, 0.6) is 0 Å². The molecule has 1 unspecified atom stereocenters. The third-order valence-corrected chi connectivity index (χ3v) is 3.73. The predicted octanol–water partition coefficient (Wildman–Crippen LogP) is 3.28. The van der Waals surface area contributed by atoms with Crippen LogP contribution in [-0.4, -0.2) is 18.6 Å². The van der Waals surface area contributed by atoms with Gasteiger partial charge in [0.1, 0.15) is 0 Å². The Hall–Kier alpha value is -0.180. The second kappa shape index (κ2) is 5.24. The van der Waals surface area contributed by atoms with E-state index in [1.54, 1.807) is 0 Å². The molecule has 0 heterocycles. The van der Waals surface area contributed by atoms with Crippen molar-refractivity contribution >= 4 is 23.4 Å². The monoisotopic (exact) mass is 241 g/mol. The zero-order chi connectivity index (χ0) is 10.7. The molecule has 0 saturated carbocycles. The molecule has 0 fully saturated rings. The predicted molar refractivity (Wildman–Crippen MR) is 68.9 cm³/mol. The van der Waals surface area contributed by atoms with E-state index >= 15 is 0 Å². The molecule has 1 aromatic rings. The molecule has 15 heavy (non-hydrogen) atoms. The highest BCUT2D eigenvalue weighted by atomic mass is 35.5. The molecule has 2 rings (SSSR count). The molecule has 0 spiro atoms. The van der Waals surface area contributed by atoms with E-state index in [4.69, 9.17) is 11.6 Å². The third kappa shape index (κ3) is 2.68. The Morgan fingerprint density at radius 1 is 1.53 bits per heavy atom. The Labute approximate surface area is 101 Å². The largest absolute Gasteiger partial charge is 0.309 e. The van der Waals surface area contributed by atoms with E-state index in [0.717, 1.165) is 11.6 Å². The van der Waals surface area contributed by atoms with Gasteiger partial charge in [0.25, 0.3) is 0 Å². The average Bonchev–Trinajstić information content (AvgIpc) is 2.62. The second-order valence-electron chi connectivity index (χ2n) is 3.88. The molecule has 1 aliphatic carbocycles. The molecule has 0 saturated heterocycles. The topological polar surface area (TPSA) is 12.0 Å². The minimum atomic E-state index is 0.519. The van der Waals surface area contributed by atoms with E-state index in [1.807, 2.05) is 17.8 Å². The molecule has 1 aromatic carbocycles. The van der Waals surface area contributed by atoms with Crippen LogP contribution in [0.15, 0.2) is 18.2 Å². The zero-order valence-electron chi connectivity index (χ0n) is 8.92. The fourth-order valence-corrected chi connectivity index (χ4v) is 2.62. The zero-order valence-corrected chi connectivity index (χ0v) is 10.5. The summed E-state index contributed by atoms with van der Waals surface area (Å²) in [6, 6.07) is 6.78. The first kappa shape index (κ1) is 11.3. The molecule has 1 nitrogen and oxygen atoms in total. The number of hydrogen-bond donors (Lipinski definition) is 1. The van der Waals surface area contributed by atoms with E-state index in [9.17, 15) is 0 Å². The first-order valence-corrected chi connectivity index (χ1v) is 7.09. The van der Waals surface area contributed by atoms with Crippen molar-refractivity contribution in [1.82, 2.24) is 5.32 Å². The van der Waals surface area contributed by atoms with Crippen LogP contribution in [0.25, 0.3) is 0 Å². The van der Waals surface area contributed by atoms with Crippen LogP contribution in [0.1, 0.15) is 23.6 Å². The standard InChI is InChI=1S/C12H16ClNS/c1-15-7-6-14-12-5-3-9-2-4-10(13)8-11(9)12/h2,4,8,12,14H,3,5-7H2,1H3. The summed E-state index contributed by atoms with van der Waals surface area (Å²) < 4.78 is 0. The van der Waals surface area contributed by atoms with Gasteiger partial charge in [-0.25, -0.2) is 0 Å². The van der Waals surface area contributed by atoms with Gasteiger partial charge in [-0.2, -0.15) is 11.8 Å². The molecule has 1 N–H and O–H groups in total. The molecule has 0 aliphatic heterocycles. The number of benzene rings is 1. The van der Waals surface area contributed by atoms with Crippen molar-refractivity contribution in [3.8, 4) is 0 Å². The molecule has 1 aliphatic rings. The number of rotatable bonds is 4. The van der Waals surface area contributed by atoms with Gasteiger partial charge in [0.2, 0.25) is 0 Å². The van der Waals surface area contributed by atoms with Gasteiger partial charge in [-0.15, -0.1) is 0 Å². The lowest BCUT2D eigenvalue weighted by atomic mass is 10.1. The summed E-state index contributed by atoms with van der Waals surface area (Å²) in [7, 11) is 0. The fourth-order valence-electron chi connectivity index (χ4n) is 2.12. The van der Waals surface area contributed by atoms with Gasteiger partial charge in [0.05, 0.1) is 0 Å². The quantitative estimate of drug-likeness (QED) is 0.812. The normalized spacial score (nSPS) is 19.2. The molecular formula is C12H16ClNS. The lowest BCUT2D eigenvalue weighted by molar-refractivity contribution is 0.552. The molecular weight excluding hydrogens is 226 g/mol. The Bertz CT molecular complexity index is 340. The van der Waals surface area contributed by atoms with Gasteiger partial charge in [-0.3, -0.25) is 0 Å². The van der Waals surface area contributed by atoms with Crippen molar-refractivity contribution in [1.29, 1.82) is 0 Å². The minimum Gasteiger partial charge on any atom is -0.309 e. The Morgan fingerprint density at radius 2 is 2.40 bits per heavy atom. The smallest absolute Gasteiger partial charge is 0.0409 e. The highest BCUT2D eigenvalue weighted by Crippen LogP contribution is 2.32. The van der Waals surface area contributed by atoms with Crippen molar-refractivity contribution < 1.29 is 0 Å². The first-order valence-electron chi connectivity index (χ1n) is 5.32. The van der Waals surface area contributed by atoms with E-state index in [1.165, 1.54) is 29.7 Å². The summed E-state index contributed by atoms with van der Waals surface area (Å²) in [4.78, 5) is 0. The summed E-state index contributed by atoms with van der Waals surface area (Å²) in [6.07, 6.45) is 4.54. The third-order valence-electron chi connectivity index (χ3n) is 2.88. The Morgan fingerprint density at radius 3 is 3.20 bits per heavy atom. The van der Waals surface area contributed by atoms with Crippen molar-refractivity contribution in [3.05, 3.63) is 34.3 Å². The molecule has 0 amide bonds. The van der Waals surface area contributed by atoms with Crippen LogP contribution in [-0.2, 0) is 6.42 Å². The molecule has 0 bridgehead atoms. The molecule has 1 atom stereocenters. The summed E-state index contributed by atoms with van der Waals surface area (Å²) in [5.74, 6) is 1.17. The van der Waals surface area contributed by atoms with Gasteiger partial charge in [-0.05, 0) is 42.4 Å². The highest BCUT2D eigenvalue weighted by Gasteiger charge is 2.21. The van der Waals surface area contributed by atoms with Crippen molar-refractivity contribution in [2.24, 2.45) is 0 Å². The molecule has 0 aromatic heterocycles. The van der Waals surface area contributed by atoms with Gasteiger partial charge in [-0.1, -0.05) is 17.7 Å². The molecule has 82 valence electrons. The van der Waals surface area contributed by atoms with Gasteiger partial charge in [0, 0.05) is 23.4 Å². The second-order valence-corrected chi connectivity index (χ2v) is 5.30. The van der Waals surface area contributed by atoms with E-state index in [0.29, 0.717) is 6.04 Å². The fraction of sp³-hybridized carbons (Fsp3) is 0.500. The SMILES string of the molecule is CSCCNC1CCc2ccc(Cl)cc21. The van der Waals surface area contributed by atoms with Crippen molar-refractivity contribution in [3.63, 3.8) is 0 Å². The summed E-state index contributed by atoms with van der Waals surface area (Å²) in [5, 5.41) is 4.44. The molecule has 0 radical (unpaired) electrons. The maximum absolute atomic E-state index is 6.02. The van der Waals surface area contributed by atoms with E-state index < -0.39 is 0 Å². The van der Waals surface area contributed by atoms with Gasteiger partial charge >= 0.3 is 0 Å². The highest BCUT2D eigenvalue weighted by molar-refractivity contribution is 7.98. The van der Waals surface area contributed by atoms with Crippen LogP contribution < -0.4 is 5.32 Å². The number of hydrogen-bond acceptors (Lipinski definition) is 2. The Kier molecular flexibility index (Phi) is 3.95. The van der Waals surface area contributed by atoms with Crippen LogP contribution in [0.2, 0.25) is 5.02 Å². The number of halogens is 1. The van der Waals surface area contributed by atoms with Crippen molar-refractivity contribution in [2.75, 3.05) is 18.6 Å². The lowest BCUT2D eigenvalue weighted by Gasteiger charge is -2.13. The first-order chi connectivity index (χ1) is 7.31. The maximum atomic E-state index is 6.02.